The van der Waals surface area contributed by atoms with Gasteiger partial charge in [0, 0.05) is 28.1 Å². The van der Waals surface area contributed by atoms with Crippen molar-refractivity contribution in [3.8, 4) is 11.5 Å². The van der Waals surface area contributed by atoms with Gasteiger partial charge in [0.2, 0.25) is 11.4 Å². The quantitative estimate of drug-likeness (QED) is 0.0134. The number of nitrogens with one attached hydrogen (secondary N) is 3. The minimum Gasteiger partial charge on any atom is -0.543 e. The Kier molecular flexibility index (Phi) is 12.7. The number of rotatable bonds is 12. The second-order valence-electron chi connectivity index (χ2n) is 12.4. The van der Waals surface area contributed by atoms with Crippen molar-refractivity contribution in [1.29, 1.82) is 0 Å². The van der Waals surface area contributed by atoms with Gasteiger partial charge in [0.25, 0.3) is 35.3 Å². The Balaban J connectivity index is 0.00000620. The number of β-lactam (4-membered cyclic amide) rings is 1. The molecule has 0 aliphatic carbocycles. The molecule has 2 aliphatic rings. The maximum Gasteiger partial charge on any atom is 1.00 e. The number of thiazole rings is 1. The maximum absolute atomic E-state index is 13.6. The normalized spacial score (nSPS) is 16.6. The summed E-state index contributed by atoms with van der Waals surface area (Å²) in [6, 6.07) is 3.70. The predicted octanol–water partition coefficient (Wildman–Crippen LogP) is -4.86. The van der Waals surface area contributed by atoms with Gasteiger partial charge in [0.05, 0.1) is 11.7 Å². The van der Waals surface area contributed by atoms with Crippen molar-refractivity contribution in [2.45, 2.75) is 42.8 Å². The van der Waals surface area contributed by atoms with Gasteiger partial charge in [-0.3, -0.25) is 39.7 Å². The molecule has 5 heterocycles. The SMILES string of the molecule is Cc1cc(SCC2=C(C(=O)[O-])N3C(=O)[C@@H](NC(=O)/C(=N/OC(C)(C)C(=O)NNC(=O)c4ccc(O)c(O)c4)c4csc(N)n4)[C@H]3SC2)n2nc(C(N)=O)nc2n1.[Na+]. The molecule has 9 N–H and O–H groups in total. The largest absolute Gasteiger partial charge is 1.00 e. The average Bonchev–Trinajstić information content (AvgIpc) is 3.78. The number of phenolic OH excluding ortho intramolecular Hbond substituents is 2. The van der Waals surface area contributed by atoms with Crippen LogP contribution in [0.15, 0.2) is 51.1 Å². The van der Waals surface area contributed by atoms with E-state index in [9.17, 15) is 44.1 Å². The number of phenols is 2. The van der Waals surface area contributed by atoms with E-state index >= 15 is 0 Å². The standard InChI is InChI=1S/C31H30N12O10S3.Na/c1-11-6-17(43-30(34-11)37-22(40-43)21(32)46)54-8-13-9-55-26-19(25(49)42(26)20(13)27(50)51)36-24(48)18(14-10-56-29(33)35-14)41-53-31(2,3)28(52)39-38-23(47)12-4-5-15(44)16(45)7-12;/h4-7,10,19,26,44-45H,8-9H2,1-3H3,(H2,32,46)(H2,33,35)(H,36,48)(H,38,47)(H,39,52)(H,50,51);/q;+1/p-1/b41-18+;/t19-,26-;/m1./s1. The number of carboxylic acids is 1. The number of hydrogen-bond acceptors (Lipinski definition) is 19. The zero-order chi connectivity index (χ0) is 40.6. The number of benzene rings is 1. The van der Waals surface area contributed by atoms with Crippen LogP contribution in [0.4, 0.5) is 5.13 Å². The first-order chi connectivity index (χ1) is 26.4. The molecule has 22 nitrogen and oxygen atoms in total. The van der Waals surface area contributed by atoms with Crippen molar-refractivity contribution in [1.82, 2.24) is 45.6 Å². The zero-order valence-corrected chi connectivity index (χ0v) is 34.6. The van der Waals surface area contributed by atoms with Gasteiger partial charge in [0.15, 0.2) is 22.3 Å². The summed E-state index contributed by atoms with van der Waals surface area (Å²) < 4.78 is 1.30. The molecule has 0 bridgehead atoms. The van der Waals surface area contributed by atoms with Crippen molar-refractivity contribution in [3.63, 3.8) is 0 Å². The summed E-state index contributed by atoms with van der Waals surface area (Å²) in [6.07, 6.45) is 0. The van der Waals surface area contributed by atoms with Crippen LogP contribution in [-0.4, -0.2) is 109 Å². The first-order valence-corrected chi connectivity index (χ1v) is 18.8. The van der Waals surface area contributed by atoms with Crippen LogP contribution in [0.25, 0.3) is 5.78 Å². The summed E-state index contributed by atoms with van der Waals surface area (Å²) >= 11 is 3.31. The monoisotopic (exact) mass is 848 g/mol. The third-order valence-corrected chi connectivity index (χ3v) is 11.1. The molecule has 0 saturated carbocycles. The molecule has 1 fully saturated rings. The smallest absolute Gasteiger partial charge is 0.543 e. The molecular weight excluding hydrogens is 820 g/mol. The number of oxime groups is 1. The molecule has 0 radical (unpaired) electrons. The van der Waals surface area contributed by atoms with Gasteiger partial charge < -0.3 is 41.7 Å². The molecular formula is C31H29N12NaO10S3. The number of primary amides is 1. The predicted molar refractivity (Wildman–Crippen MR) is 195 cm³/mol. The van der Waals surface area contributed by atoms with Gasteiger partial charge in [-0.15, -0.1) is 40.0 Å². The van der Waals surface area contributed by atoms with Crippen LogP contribution in [-0.2, 0) is 24.0 Å². The number of aromatic nitrogens is 5. The number of nitrogen functional groups attached to an aromatic ring is 1. The van der Waals surface area contributed by atoms with Gasteiger partial charge >= 0.3 is 29.6 Å². The summed E-state index contributed by atoms with van der Waals surface area (Å²) in [6.45, 7) is 4.24. The van der Waals surface area contributed by atoms with Gasteiger partial charge in [-0.2, -0.15) is 9.50 Å². The van der Waals surface area contributed by atoms with Crippen molar-refractivity contribution in [2.24, 2.45) is 10.9 Å². The number of carbonyl (C=O) groups is 6. The van der Waals surface area contributed by atoms with E-state index in [0.717, 1.165) is 40.1 Å². The molecule has 57 heavy (non-hydrogen) atoms. The number of amides is 5. The molecule has 5 amide bonds. The molecule has 2 atom stereocenters. The number of aromatic hydroxyl groups is 2. The van der Waals surface area contributed by atoms with Crippen LogP contribution >= 0.6 is 34.9 Å². The Hall–Kier alpha value is -5.47. The van der Waals surface area contributed by atoms with Crippen molar-refractivity contribution in [3.05, 3.63) is 63.7 Å². The third-order valence-electron chi connectivity index (χ3n) is 7.97. The van der Waals surface area contributed by atoms with E-state index in [1.807, 2.05) is 0 Å². The minimum atomic E-state index is -1.83. The average molecular weight is 849 g/mol. The number of hydrogen-bond donors (Lipinski definition) is 7. The molecule has 1 saturated heterocycles. The van der Waals surface area contributed by atoms with Crippen LogP contribution < -0.4 is 62.3 Å². The van der Waals surface area contributed by atoms with E-state index in [1.54, 1.807) is 13.0 Å². The Morgan fingerprint density at radius 3 is 2.51 bits per heavy atom. The van der Waals surface area contributed by atoms with Crippen LogP contribution in [0.3, 0.4) is 0 Å². The second-order valence-corrected chi connectivity index (χ2v) is 15.4. The van der Waals surface area contributed by atoms with E-state index in [2.05, 4.69) is 41.4 Å². The van der Waals surface area contributed by atoms with Gasteiger partial charge in [-0.25, -0.2) is 9.97 Å². The molecule has 1 aromatic carbocycles. The van der Waals surface area contributed by atoms with Gasteiger partial charge in [0.1, 0.15) is 22.1 Å². The van der Waals surface area contributed by atoms with Crippen LogP contribution in [0.1, 0.15) is 46.2 Å². The van der Waals surface area contributed by atoms with Crippen LogP contribution in [0, 0.1) is 6.92 Å². The van der Waals surface area contributed by atoms with Crippen molar-refractivity contribution >= 4 is 87.0 Å². The number of hydrazine groups is 1. The molecule has 3 aromatic heterocycles. The number of fused-ring (bicyclic) bond motifs is 2. The van der Waals surface area contributed by atoms with Crippen molar-refractivity contribution in [2.75, 3.05) is 17.2 Å². The number of carboxylic acid groups (broad SMARTS) is 1. The number of aliphatic carboxylic acids is 1. The molecule has 0 unspecified atom stereocenters. The molecule has 4 aromatic rings. The summed E-state index contributed by atoms with van der Waals surface area (Å²) in [5.41, 5.74) is 13.4. The summed E-state index contributed by atoms with van der Waals surface area (Å²) in [4.78, 5) is 95.3. The van der Waals surface area contributed by atoms with Gasteiger partial charge in [-0.1, -0.05) is 5.16 Å². The van der Waals surface area contributed by atoms with Gasteiger partial charge in [-0.05, 0) is 50.6 Å². The van der Waals surface area contributed by atoms with Crippen molar-refractivity contribution < 1.29 is 78.5 Å². The summed E-state index contributed by atoms with van der Waals surface area (Å²) in [7, 11) is 0. The number of aryl methyl sites for hydroxylation is 1. The molecule has 292 valence electrons. The first-order valence-electron chi connectivity index (χ1n) is 15.9. The summed E-state index contributed by atoms with van der Waals surface area (Å²) in [5, 5.41) is 43.1. The Labute approximate surface area is 355 Å². The van der Waals surface area contributed by atoms with E-state index in [0.29, 0.717) is 16.3 Å². The molecule has 6 rings (SSSR count). The fraction of sp³-hybridized carbons (Fsp3) is 0.258. The molecule has 0 spiro atoms. The van der Waals surface area contributed by atoms with E-state index in [-0.39, 0.29) is 74.8 Å². The van der Waals surface area contributed by atoms with E-state index in [4.69, 9.17) is 16.3 Å². The maximum atomic E-state index is 13.6. The van der Waals surface area contributed by atoms with E-state index in [1.165, 1.54) is 41.6 Å². The second kappa shape index (κ2) is 16.9. The number of thioether (sulfide) groups is 2. The Morgan fingerprint density at radius 1 is 1.12 bits per heavy atom. The molecule has 26 heteroatoms. The van der Waals surface area contributed by atoms with Crippen LogP contribution in [0.2, 0.25) is 0 Å². The van der Waals surface area contributed by atoms with E-state index < -0.39 is 69.7 Å². The minimum absolute atomic E-state index is 0. The molecule has 2 aliphatic heterocycles. The number of anilines is 1. The fourth-order valence-corrected chi connectivity index (χ4v) is 8.20. The topological polar surface area (TPSA) is 335 Å². The number of nitrogens with two attached hydrogens (primary N) is 2. The number of nitrogens with zero attached hydrogens (tertiary/aromatic N) is 7. The number of carbonyl (C=O) groups excluding carboxylic acids is 6. The summed E-state index contributed by atoms with van der Waals surface area (Å²) in [5.74, 6) is -6.89. The third kappa shape index (κ3) is 8.92. The Morgan fingerprint density at radius 2 is 1.86 bits per heavy atom. The Bertz CT molecular complexity index is 2400. The first kappa shape index (κ1) is 42.7. The zero-order valence-electron chi connectivity index (χ0n) is 30.1. The van der Waals surface area contributed by atoms with Crippen LogP contribution in [0.5, 0.6) is 11.5 Å². The fourth-order valence-electron chi connectivity index (χ4n) is 5.12.